The minimum Gasteiger partial charge on any atom is -0.467 e. The second-order valence-corrected chi connectivity index (χ2v) is 7.08. The van der Waals surface area contributed by atoms with Gasteiger partial charge in [-0.1, -0.05) is 13.8 Å². The molecule has 5 heteroatoms. The molecule has 1 unspecified atom stereocenters. The Hall–Kier alpha value is -1.36. The summed E-state index contributed by atoms with van der Waals surface area (Å²) >= 11 is 1.56. The van der Waals surface area contributed by atoms with Gasteiger partial charge in [0.05, 0.1) is 12.0 Å². The maximum Gasteiger partial charge on any atom is 0.328 e. The third-order valence-corrected chi connectivity index (χ3v) is 4.95. The highest BCUT2D eigenvalue weighted by Gasteiger charge is 2.25. The minimum absolute atomic E-state index is 0.162. The normalized spacial score (nSPS) is 15.4. The van der Waals surface area contributed by atoms with Crippen molar-refractivity contribution in [1.29, 1.82) is 0 Å². The molecule has 0 spiro atoms. The summed E-state index contributed by atoms with van der Waals surface area (Å²) in [6, 6.07) is 1.42. The van der Waals surface area contributed by atoms with Crippen LogP contribution in [0, 0.1) is 5.92 Å². The van der Waals surface area contributed by atoms with Crippen LogP contribution in [-0.2, 0) is 22.4 Å². The van der Waals surface area contributed by atoms with Gasteiger partial charge in [0.15, 0.2) is 0 Å². The number of thiophene rings is 1. The number of hydrogen-bond acceptors (Lipinski definition) is 4. The van der Waals surface area contributed by atoms with Gasteiger partial charge < -0.3 is 10.1 Å². The average Bonchev–Trinajstić information content (AvgIpc) is 2.89. The first-order valence-corrected chi connectivity index (χ1v) is 8.33. The monoisotopic (exact) mass is 309 g/mol. The molecule has 0 radical (unpaired) electrons. The van der Waals surface area contributed by atoms with Crippen LogP contribution in [0.25, 0.3) is 0 Å². The number of carbonyl (C=O) groups is 2. The smallest absolute Gasteiger partial charge is 0.328 e. The van der Waals surface area contributed by atoms with Crippen molar-refractivity contribution in [2.45, 2.75) is 52.0 Å². The molecule has 1 aliphatic carbocycles. The fraction of sp³-hybridized carbons (Fsp3) is 0.625. The molecular formula is C16H23NO3S. The van der Waals surface area contributed by atoms with Gasteiger partial charge in [0.1, 0.15) is 6.04 Å². The maximum atomic E-state index is 12.4. The van der Waals surface area contributed by atoms with E-state index in [1.165, 1.54) is 30.4 Å². The Morgan fingerprint density at radius 1 is 1.33 bits per heavy atom. The maximum absolute atomic E-state index is 12.4. The van der Waals surface area contributed by atoms with Crippen molar-refractivity contribution in [3.63, 3.8) is 0 Å². The summed E-state index contributed by atoms with van der Waals surface area (Å²) in [5.41, 5.74) is 1.30. The molecule has 1 heterocycles. The molecule has 4 nitrogen and oxygen atoms in total. The molecule has 0 saturated carbocycles. The van der Waals surface area contributed by atoms with E-state index in [1.54, 1.807) is 11.3 Å². The van der Waals surface area contributed by atoms with Crippen molar-refractivity contribution < 1.29 is 14.3 Å². The summed E-state index contributed by atoms with van der Waals surface area (Å²) < 4.78 is 4.78. The zero-order valence-corrected chi connectivity index (χ0v) is 13.7. The van der Waals surface area contributed by atoms with E-state index < -0.39 is 6.04 Å². The molecule has 1 amide bonds. The van der Waals surface area contributed by atoms with Crippen molar-refractivity contribution in [3.8, 4) is 0 Å². The summed E-state index contributed by atoms with van der Waals surface area (Å²) in [4.78, 5) is 26.2. The van der Waals surface area contributed by atoms with E-state index in [0.29, 0.717) is 17.2 Å². The van der Waals surface area contributed by atoms with Gasteiger partial charge in [0.2, 0.25) is 0 Å². The minimum atomic E-state index is -0.568. The molecule has 2 rings (SSSR count). The second-order valence-electron chi connectivity index (χ2n) is 5.94. The standard InChI is InChI=1S/C16H23NO3S/c1-10(2)8-12(16(19)20-3)17-15(18)14-9-11-6-4-5-7-13(11)21-14/h9-10,12H,4-8H2,1-3H3,(H,17,18). The van der Waals surface area contributed by atoms with Gasteiger partial charge in [-0.15, -0.1) is 11.3 Å². The van der Waals surface area contributed by atoms with Crippen LogP contribution in [0.15, 0.2) is 6.07 Å². The lowest BCUT2D eigenvalue weighted by atomic mass is 9.99. The van der Waals surface area contributed by atoms with Crippen LogP contribution in [-0.4, -0.2) is 25.0 Å². The highest BCUT2D eigenvalue weighted by Crippen LogP contribution is 2.29. The molecule has 0 bridgehead atoms. The van der Waals surface area contributed by atoms with Crippen LogP contribution in [0.2, 0.25) is 0 Å². The van der Waals surface area contributed by atoms with Crippen LogP contribution in [0.4, 0.5) is 0 Å². The van der Waals surface area contributed by atoms with E-state index in [-0.39, 0.29) is 11.9 Å². The molecule has 1 N–H and O–H groups in total. The number of esters is 1. The molecule has 0 aliphatic heterocycles. The lowest BCUT2D eigenvalue weighted by Crippen LogP contribution is -2.42. The topological polar surface area (TPSA) is 55.4 Å². The van der Waals surface area contributed by atoms with Gasteiger partial charge in [0, 0.05) is 4.88 Å². The molecular weight excluding hydrogens is 286 g/mol. The number of amides is 1. The molecule has 0 fully saturated rings. The van der Waals surface area contributed by atoms with Gasteiger partial charge in [-0.25, -0.2) is 4.79 Å². The Labute approximate surface area is 129 Å². The highest BCUT2D eigenvalue weighted by molar-refractivity contribution is 7.14. The zero-order chi connectivity index (χ0) is 15.4. The van der Waals surface area contributed by atoms with Crippen molar-refractivity contribution in [2.75, 3.05) is 7.11 Å². The average molecular weight is 309 g/mol. The van der Waals surface area contributed by atoms with Gasteiger partial charge in [-0.05, 0) is 49.7 Å². The van der Waals surface area contributed by atoms with E-state index in [4.69, 9.17) is 4.74 Å². The summed E-state index contributed by atoms with van der Waals surface area (Å²) in [5, 5.41) is 2.82. The van der Waals surface area contributed by atoms with Gasteiger partial charge >= 0.3 is 5.97 Å². The number of nitrogens with one attached hydrogen (secondary N) is 1. The van der Waals surface area contributed by atoms with Crippen molar-refractivity contribution in [1.82, 2.24) is 5.32 Å². The lowest BCUT2D eigenvalue weighted by Gasteiger charge is -2.17. The van der Waals surface area contributed by atoms with Gasteiger partial charge in [-0.3, -0.25) is 4.79 Å². The van der Waals surface area contributed by atoms with E-state index in [2.05, 4.69) is 5.32 Å². The van der Waals surface area contributed by atoms with E-state index in [1.807, 2.05) is 19.9 Å². The summed E-state index contributed by atoms with van der Waals surface area (Å²) in [6.07, 6.45) is 5.12. The van der Waals surface area contributed by atoms with Crippen LogP contribution in [0.5, 0.6) is 0 Å². The first kappa shape index (κ1) is 16.0. The third kappa shape index (κ3) is 4.06. The molecule has 0 aromatic carbocycles. The zero-order valence-electron chi connectivity index (χ0n) is 12.9. The van der Waals surface area contributed by atoms with E-state index in [9.17, 15) is 9.59 Å². The predicted molar refractivity (Wildman–Crippen MR) is 83.7 cm³/mol. The largest absolute Gasteiger partial charge is 0.467 e. The Morgan fingerprint density at radius 3 is 2.67 bits per heavy atom. The molecule has 1 aromatic rings. The number of hydrogen-bond donors (Lipinski definition) is 1. The molecule has 116 valence electrons. The Morgan fingerprint density at radius 2 is 2.05 bits per heavy atom. The van der Waals surface area contributed by atoms with Gasteiger partial charge in [-0.2, -0.15) is 0 Å². The summed E-state index contributed by atoms with van der Waals surface area (Å²) in [7, 11) is 1.35. The van der Waals surface area contributed by atoms with E-state index >= 15 is 0 Å². The molecule has 1 atom stereocenters. The molecule has 0 saturated heterocycles. The Balaban J connectivity index is 2.07. The summed E-state index contributed by atoms with van der Waals surface area (Å²) in [6.45, 7) is 4.04. The number of rotatable bonds is 5. The number of methoxy groups -OCH3 is 1. The number of carbonyl (C=O) groups excluding carboxylic acids is 2. The number of ether oxygens (including phenoxy) is 1. The van der Waals surface area contributed by atoms with Crippen molar-refractivity contribution >= 4 is 23.2 Å². The first-order valence-electron chi connectivity index (χ1n) is 7.51. The fourth-order valence-electron chi connectivity index (χ4n) is 2.66. The highest BCUT2D eigenvalue weighted by atomic mass is 32.1. The second kappa shape index (κ2) is 7.07. The van der Waals surface area contributed by atoms with Crippen LogP contribution >= 0.6 is 11.3 Å². The van der Waals surface area contributed by atoms with Crippen LogP contribution < -0.4 is 5.32 Å². The van der Waals surface area contributed by atoms with Crippen LogP contribution in [0.3, 0.4) is 0 Å². The molecule has 1 aliphatic rings. The predicted octanol–water partition coefficient (Wildman–Crippen LogP) is 2.94. The first-order chi connectivity index (χ1) is 10.0. The van der Waals surface area contributed by atoms with Gasteiger partial charge in [0.25, 0.3) is 5.91 Å². The number of aryl methyl sites for hydroxylation is 2. The van der Waals surface area contributed by atoms with Crippen molar-refractivity contribution in [3.05, 3.63) is 21.4 Å². The third-order valence-electron chi connectivity index (χ3n) is 3.72. The van der Waals surface area contributed by atoms with Crippen LogP contribution in [0.1, 0.15) is 53.2 Å². The Bertz CT molecular complexity index is 498. The molecule has 1 aromatic heterocycles. The SMILES string of the molecule is COC(=O)C(CC(C)C)NC(=O)c1cc2c(s1)CCCC2. The number of fused-ring (bicyclic) bond motifs is 1. The summed E-state index contributed by atoms with van der Waals surface area (Å²) in [5.74, 6) is -0.227. The van der Waals surface area contributed by atoms with Crippen molar-refractivity contribution in [2.24, 2.45) is 5.92 Å². The Kier molecular flexibility index (Phi) is 5.39. The van der Waals surface area contributed by atoms with E-state index in [0.717, 1.165) is 12.8 Å². The molecule has 21 heavy (non-hydrogen) atoms. The fourth-order valence-corrected chi connectivity index (χ4v) is 3.82. The lowest BCUT2D eigenvalue weighted by molar-refractivity contribution is -0.143. The quantitative estimate of drug-likeness (QED) is 0.851.